The number of likely N-dealkylation sites (N-methyl/N-ethyl adjacent to an activating group) is 1. The maximum Gasteiger partial charge on any atom is 0.472 e. The van der Waals surface area contributed by atoms with Crippen LogP contribution < -0.4 is 0 Å². The molecule has 0 rings (SSSR count). The van der Waals surface area contributed by atoms with Crippen molar-refractivity contribution in [3.63, 3.8) is 0 Å². The van der Waals surface area contributed by atoms with Crippen LogP contribution in [0.2, 0.25) is 0 Å². The third kappa shape index (κ3) is 30.9. The fraction of sp³-hybridized carbons (Fsp3) is 1.00. The van der Waals surface area contributed by atoms with Crippen molar-refractivity contribution in [1.82, 2.24) is 0 Å². The molecule has 1 N–H and O–H groups in total. The Morgan fingerprint density at radius 3 is 1.45 bits per heavy atom. The topological polar surface area (TPSA) is 74.2 Å². The van der Waals surface area contributed by atoms with E-state index >= 15 is 0 Å². The zero-order valence-electron chi connectivity index (χ0n) is 27.3. The molecule has 0 saturated heterocycles. The Labute approximate surface area is 249 Å². The highest BCUT2D eigenvalue weighted by Crippen LogP contribution is 2.43. The van der Waals surface area contributed by atoms with Gasteiger partial charge < -0.3 is 18.9 Å². The van der Waals surface area contributed by atoms with Gasteiger partial charge in [-0.15, -0.1) is 0 Å². The lowest BCUT2D eigenvalue weighted by Crippen LogP contribution is -2.37. The van der Waals surface area contributed by atoms with Crippen LogP contribution in [0.3, 0.4) is 0 Å². The lowest BCUT2D eigenvalue weighted by atomic mass is 10.1. The van der Waals surface area contributed by atoms with Gasteiger partial charge in [-0.1, -0.05) is 129 Å². The third-order valence-corrected chi connectivity index (χ3v) is 8.22. The highest BCUT2D eigenvalue weighted by molar-refractivity contribution is 7.47. The number of phosphoric acid groups is 1. The Balaban J connectivity index is 4.18. The van der Waals surface area contributed by atoms with Crippen LogP contribution in [0.25, 0.3) is 0 Å². The van der Waals surface area contributed by atoms with Gasteiger partial charge in [-0.25, -0.2) is 4.57 Å². The fourth-order valence-corrected chi connectivity index (χ4v) is 5.28. The number of ether oxygens (including phenoxy) is 2. The first-order valence-corrected chi connectivity index (χ1v) is 18.3. The Bertz CT molecular complexity index is 572. The van der Waals surface area contributed by atoms with Crippen molar-refractivity contribution in [3.8, 4) is 0 Å². The van der Waals surface area contributed by atoms with Gasteiger partial charge in [0, 0.05) is 13.2 Å². The first-order chi connectivity index (χ1) is 19.2. The van der Waals surface area contributed by atoms with Crippen LogP contribution in [-0.2, 0) is 23.1 Å². The molecule has 8 heteroatoms. The van der Waals surface area contributed by atoms with Crippen molar-refractivity contribution in [1.29, 1.82) is 0 Å². The number of phosphoric ester groups is 1. The summed E-state index contributed by atoms with van der Waals surface area (Å²) in [6, 6.07) is 0. The number of unbranched alkanes of at least 4 members (excludes halogenated alkanes) is 18. The Kier molecular flexibility index (Phi) is 27.8. The first-order valence-electron chi connectivity index (χ1n) is 16.8. The highest BCUT2D eigenvalue weighted by atomic mass is 31.2. The molecule has 0 fully saturated rings. The molecule has 0 bridgehead atoms. The second-order valence-corrected chi connectivity index (χ2v) is 14.0. The van der Waals surface area contributed by atoms with E-state index in [9.17, 15) is 9.46 Å². The molecule has 0 radical (unpaired) electrons. The Morgan fingerprint density at radius 2 is 1.00 bits per heavy atom. The molecule has 40 heavy (non-hydrogen) atoms. The summed E-state index contributed by atoms with van der Waals surface area (Å²) in [4.78, 5) is 10.1. The molecule has 0 aromatic rings. The first kappa shape index (κ1) is 40.0. The second kappa shape index (κ2) is 27.8. The Morgan fingerprint density at radius 1 is 0.575 bits per heavy atom. The van der Waals surface area contributed by atoms with Crippen LogP contribution in [0.4, 0.5) is 0 Å². The van der Waals surface area contributed by atoms with Crippen molar-refractivity contribution in [2.75, 3.05) is 60.7 Å². The van der Waals surface area contributed by atoms with Crippen LogP contribution in [0.15, 0.2) is 0 Å². The SMILES string of the molecule is CCCCCCCCCCCCOC[C@H](COP(=O)(O)OCC[N+](C)(C)C)OCCCCCCCCCCCC. The normalized spacial score (nSPS) is 14.4. The van der Waals surface area contributed by atoms with Crippen molar-refractivity contribution in [2.24, 2.45) is 0 Å². The monoisotopic (exact) mass is 594 g/mol. The molecule has 7 nitrogen and oxygen atoms in total. The summed E-state index contributed by atoms with van der Waals surface area (Å²) in [5.74, 6) is 0. The van der Waals surface area contributed by atoms with Crippen molar-refractivity contribution >= 4 is 7.82 Å². The molecule has 0 amide bonds. The number of hydrogen-bond donors (Lipinski definition) is 1. The van der Waals surface area contributed by atoms with E-state index in [1.807, 2.05) is 21.1 Å². The van der Waals surface area contributed by atoms with E-state index in [4.69, 9.17) is 18.5 Å². The van der Waals surface area contributed by atoms with Gasteiger partial charge in [-0.3, -0.25) is 9.05 Å². The number of rotatable bonds is 32. The summed E-state index contributed by atoms with van der Waals surface area (Å²) in [6.07, 6.45) is 25.3. The van der Waals surface area contributed by atoms with Crippen LogP contribution in [-0.4, -0.2) is 76.2 Å². The van der Waals surface area contributed by atoms with Gasteiger partial charge in [0.1, 0.15) is 19.3 Å². The van der Waals surface area contributed by atoms with E-state index < -0.39 is 7.82 Å². The molecule has 0 saturated carbocycles. The summed E-state index contributed by atoms with van der Waals surface area (Å²) >= 11 is 0. The average Bonchev–Trinajstić information content (AvgIpc) is 2.89. The third-order valence-electron chi connectivity index (χ3n) is 7.24. The van der Waals surface area contributed by atoms with Crippen LogP contribution >= 0.6 is 7.82 Å². The van der Waals surface area contributed by atoms with Gasteiger partial charge in [-0.2, -0.15) is 0 Å². The van der Waals surface area contributed by atoms with Gasteiger partial charge in [0.2, 0.25) is 0 Å². The second-order valence-electron chi connectivity index (χ2n) is 12.5. The van der Waals surface area contributed by atoms with Gasteiger partial charge in [0.25, 0.3) is 0 Å². The van der Waals surface area contributed by atoms with E-state index in [1.165, 1.54) is 109 Å². The molecular weight excluding hydrogens is 525 g/mol. The predicted octanol–water partition coefficient (Wildman–Crippen LogP) is 9.07. The molecular formula is C32H69NO6P+. The van der Waals surface area contributed by atoms with E-state index in [2.05, 4.69) is 13.8 Å². The Hall–Kier alpha value is -0.0100. The molecule has 1 unspecified atom stereocenters. The van der Waals surface area contributed by atoms with Gasteiger partial charge >= 0.3 is 7.82 Å². The van der Waals surface area contributed by atoms with Crippen LogP contribution in [0.5, 0.6) is 0 Å². The lowest BCUT2D eigenvalue weighted by molar-refractivity contribution is -0.870. The minimum atomic E-state index is -4.12. The largest absolute Gasteiger partial charge is 0.472 e. The van der Waals surface area contributed by atoms with E-state index in [-0.39, 0.29) is 19.3 Å². The number of hydrogen-bond acceptors (Lipinski definition) is 5. The van der Waals surface area contributed by atoms with Gasteiger partial charge in [-0.05, 0) is 12.8 Å². The molecule has 0 aliphatic carbocycles. The molecule has 2 atom stereocenters. The van der Waals surface area contributed by atoms with E-state index in [0.29, 0.717) is 30.8 Å². The standard InChI is InChI=1S/C32H68NO6P/c1-6-8-10-12-14-16-18-20-22-24-27-36-30-32(31-39-40(34,35)38-29-26-33(3,4)5)37-28-25-23-21-19-17-15-13-11-9-7-2/h32H,6-31H2,1-5H3/p+1/t32-/m1/s1. The van der Waals surface area contributed by atoms with Crippen molar-refractivity contribution in [2.45, 2.75) is 148 Å². The highest BCUT2D eigenvalue weighted by Gasteiger charge is 2.25. The van der Waals surface area contributed by atoms with E-state index in [0.717, 1.165) is 19.3 Å². The molecule has 0 aliphatic heterocycles. The summed E-state index contributed by atoms with van der Waals surface area (Å²) in [5, 5.41) is 0. The molecule has 0 heterocycles. The summed E-state index contributed by atoms with van der Waals surface area (Å²) in [7, 11) is 1.91. The molecule has 0 aliphatic rings. The maximum absolute atomic E-state index is 12.3. The summed E-state index contributed by atoms with van der Waals surface area (Å²) in [5.41, 5.74) is 0. The minimum absolute atomic E-state index is 0.00601. The molecule has 0 aromatic heterocycles. The molecule has 242 valence electrons. The summed E-state index contributed by atoms with van der Waals surface area (Å²) in [6.45, 7) is 6.96. The van der Waals surface area contributed by atoms with Crippen molar-refractivity contribution < 1.29 is 32.5 Å². The van der Waals surface area contributed by atoms with Gasteiger partial charge in [0.15, 0.2) is 0 Å². The van der Waals surface area contributed by atoms with Crippen LogP contribution in [0.1, 0.15) is 142 Å². The average molecular weight is 595 g/mol. The fourth-order valence-electron chi connectivity index (χ4n) is 4.53. The number of nitrogens with zero attached hydrogens (tertiary/aromatic N) is 1. The lowest BCUT2D eigenvalue weighted by Gasteiger charge is -2.24. The number of quaternary nitrogens is 1. The molecule has 0 spiro atoms. The zero-order valence-corrected chi connectivity index (χ0v) is 28.2. The summed E-state index contributed by atoms with van der Waals surface area (Å²) < 4.78 is 35.4. The quantitative estimate of drug-likeness (QED) is 0.0476. The molecule has 0 aromatic carbocycles. The maximum atomic E-state index is 12.3. The predicted molar refractivity (Wildman–Crippen MR) is 169 cm³/mol. The van der Waals surface area contributed by atoms with E-state index in [1.54, 1.807) is 0 Å². The minimum Gasteiger partial charge on any atom is -0.379 e. The zero-order chi connectivity index (χ0) is 29.8. The van der Waals surface area contributed by atoms with Crippen LogP contribution in [0, 0.1) is 0 Å². The van der Waals surface area contributed by atoms with Crippen molar-refractivity contribution in [3.05, 3.63) is 0 Å². The smallest absolute Gasteiger partial charge is 0.379 e. The van der Waals surface area contributed by atoms with Gasteiger partial charge in [0.05, 0.1) is 34.4 Å².